The zero-order valence-electron chi connectivity index (χ0n) is 9.89. The fourth-order valence-electron chi connectivity index (χ4n) is 1.59. The van der Waals surface area contributed by atoms with Crippen molar-refractivity contribution < 1.29 is 18.0 Å². The smallest absolute Gasteiger partial charge is 0.364 e. The summed E-state index contributed by atoms with van der Waals surface area (Å²) < 4.78 is 38.3. The summed E-state index contributed by atoms with van der Waals surface area (Å²) in [5.41, 5.74) is 3.05. The van der Waals surface area contributed by atoms with Gasteiger partial charge in [-0.2, -0.15) is 13.2 Å². The van der Waals surface area contributed by atoms with Gasteiger partial charge in [-0.3, -0.25) is 14.2 Å². The number of hydrogen-bond acceptors (Lipinski definition) is 3. The minimum Gasteiger partial charge on any atom is -0.364 e. The summed E-state index contributed by atoms with van der Waals surface area (Å²) >= 11 is 0. The molecule has 0 bridgehead atoms. The number of alkyl halides is 3. The number of rotatable bonds is 2. The van der Waals surface area contributed by atoms with Gasteiger partial charge in [0.25, 0.3) is 11.5 Å². The third-order valence-corrected chi connectivity index (χ3v) is 2.55. The van der Waals surface area contributed by atoms with E-state index in [2.05, 4.69) is 4.98 Å². The average molecular weight is 283 g/mol. The number of nitrogens with zero attached hydrogens (tertiary/aromatic N) is 2. The number of carbonyl (C=O) groups excluding carboxylic acids is 1. The molecular formula is C12H8F3N3O2. The molecule has 2 rings (SSSR count). The first-order valence-electron chi connectivity index (χ1n) is 5.36. The number of halogens is 3. The third kappa shape index (κ3) is 2.53. The first-order chi connectivity index (χ1) is 9.30. The van der Waals surface area contributed by atoms with Crippen LogP contribution in [0.1, 0.15) is 16.1 Å². The number of amides is 1. The van der Waals surface area contributed by atoms with E-state index in [0.29, 0.717) is 0 Å². The van der Waals surface area contributed by atoms with E-state index in [4.69, 9.17) is 5.73 Å². The van der Waals surface area contributed by atoms with Crippen LogP contribution in [0.3, 0.4) is 0 Å². The molecule has 0 fully saturated rings. The SMILES string of the molecule is NC(=O)c1nccn(-c2ccc(C(F)(F)F)cc2)c1=O. The zero-order valence-corrected chi connectivity index (χ0v) is 9.89. The highest BCUT2D eigenvalue weighted by molar-refractivity contribution is 5.90. The molecule has 1 aromatic carbocycles. The second-order valence-corrected chi connectivity index (χ2v) is 3.86. The molecule has 0 saturated heterocycles. The summed E-state index contributed by atoms with van der Waals surface area (Å²) in [6, 6.07) is 3.92. The Bertz CT molecular complexity index is 705. The summed E-state index contributed by atoms with van der Waals surface area (Å²) in [6.07, 6.45) is -2.06. The van der Waals surface area contributed by atoms with E-state index in [0.717, 1.165) is 28.8 Å². The van der Waals surface area contributed by atoms with Crippen molar-refractivity contribution in [3.63, 3.8) is 0 Å². The molecule has 0 aliphatic carbocycles. The summed E-state index contributed by atoms with van der Waals surface area (Å²) in [7, 11) is 0. The molecule has 2 aromatic rings. The Morgan fingerprint density at radius 1 is 1.20 bits per heavy atom. The largest absolute Gasteiger partial charge is 0.416 e. The molecule has 20 heavy (non-hydrogen) atoms. The van der Waals surface area contributed by atoms with Crippen LogP contribution in [0, 0.1) is 0 Å². The van der Waals surface area contributed by atoms with Crippen molar-refractivity contribution in [2.75, 3.05) is 0 Å². The summed E-state index contributed by atoms with van der Waals surface area (Å²) in [6.45, 7) is 0. The van der Waals surface area contributed by atoms with E-state index in [1.807, 2.05) is 0 Å². The lowest BCUT2D eigenvalue weighted by Gasteiger charge is -2.09. The molecule has 0 aliphatic heterocycles. The van der Waals surface area contributed by atoms with Crippen LogP contribution < -0.4 is 11.3 Å². The maximum Gasteiger partial charge on any atom is 0.416 e. The lowest BCUT2D eigenvalue weighted by molar-refractivity contribution is -0.137. The molecule has 0 atom stereocenters. The van der Waals surface area contributed by atoms with Crippen molar-refractivity contribution in [3.05, 3.63) is 58.3 Å². The van der Waals surface area contributed by atoms with Crippen LogP contribution >= 0.6 is 0 Å². The molecule has 1 heterocycles. The van der Waals surface area contributed by atoms with Crippen LogP contribution in [0.5, 0.6) is 0 Å². The van der Waals surface area contributed by atoms with Crippen molar-refractivity contribution in [3.8, 4) is 5.69 Å². The number of primary amides is 1. The van der Waals surface area contributed by atoms with E-state index < -0.39 is 28.9 Å². The second-order valence-electron chi connectivity index (χ2n) is 3.86. The summed E-state index contributed by atoms with van der Waals surface area (Å²) in [4.78, 5) is 26.4. The molecule has 5 nitrogen and oxygen atoms in total. The van der Waals surface area contributed by atoms with Gasteiger partial charge in [-0.05, 0) is 24.3 Å². The lowest BCUT2D eigenvalue weighted by Crippen LogP contribution is -2.29. The van der Waals surface area contributed by atoms with Gasteiger partial charge in [0.2, 0.25) is 0 Å². The van der Waals surface area contributed by atoms with E-state index in [1.165, 1.54) is 12.4 Å². The molecule has 0 saturated carbocycles. The Morgan fingerprint density at radius 2 is 1.80 bits per heavy atom. The van der Waals surface area contributed by atoms with Gasteiger partial charge in [0.05, 0.1) is 5.56 Å². The Balaban J connectivity index is 2.51. The standard InChI is InChI=1S/C12H8F3N3O2/c13-12(14,15)7-1-3-8(4-2-7)18-6-5-17-9(10(16)19)11(18)20/h1-6H,(H2,16,19). The van der Waals surface area contributed by atoms with Gasteiger partial charge >= 0.3 is 6.18 Å². The van der Waals surface area contributed by atoms with E-state index >= 15 is 0 Å². The molecule has 0 spiro atoms. The molecule has 0 unspecified atom stereocenters. The Labute approximate surface area is 110 Å². The number of benzene rings is 1. The zero-order chi connectivity index (χ0) is 14.9. The van der Waals surface area contributed by atoms with Crippen LogP contribution in [0.25, 0.3) is 5.69 Å². The minimum absolute atomic E-state index is 0.174. The van der Waals surface area contributed by atoms with Gasteiger partial charge in [-0.25, -0.2) is 4.98 Å². The van der Waals surface area contributed by atoms with Crippen LogP contribution in [0.15, 0.2) is 41.5 Å². The molecule has 1 aromatic heterocycles. The molecule has 8 heteroatoms. The van der Waals surface area contributed by atoms with Crippen LogP contribution in [0.4, 0.5) is 13.2 Å². The van der Waals surface area contributed by atoms with Crippen LogP contribution in [0.2, 0.25) is 0 Å². The minimum atomic E-state index is -4.46. The number of aromatic nitrogens is 2. The predicted molar refractivity (Wildman–Crippen MR) is 63.4 cm³/mol. The monoisotopic (exact) mass is 283 g/mol. The van der Waals surface area contributed by atoms with Crippen LogP contribution in [-0.2, 0) is 6.18 Å². The first kappa shape index (κ1) is 13.8. The summed E-state index contributed by atoms with van der Waals surface area (Å²) in [5, 5.41) is 0. The van der Waals surface area contributed by atoms with E-state index in [-0.39, 0.29) is 5.69 Å². The normalized spacial score (nSPS) is 11.3. The number of carbonyl (C=O) groups is 1. The van der Waals surface area contributed by atoms with Crippen molar-refractivity contribution in [1.29, 1.82) is 0 Å². The predicted octanol–water partition coefficient (Wildman–Crippen LogP) is 1.35. The van der Waals surface area contributed by atoms with Crippen molar-refractivity contribution in [2.24, 2.45) is 5.73 Å². The van der Waals surface area contributed by atoms with E-state index in [1.54, 1.807) is 0 Å². The fraction of sp³-hybridized carbons (Fsp3) is 0.0833. The maximum atomic E-state index is 12.4. The molecule has 0 aliphatic rings. The molecule has 2 N–H and O–H groups in total. The highest BCUT2D eigenvalue weighted by Gasteiger charge is 2.30. The Morgan fingerprint density at radius 3 is 2.30 bits per heavy atom. The van der Waals surface area contributed by atoms with Gasteiger partial charge in [0.1, 0.15) is 0 Å². The van der Waals surface area contributed by atoms with Gasteiger partial charge in [0.15, 0.2) is 5.69 Å². The molecule has 104 valence electrons. The summed E-state index contributed by atoms with van der Waals surface area (Å²) in [5.74, 6) is -1.00. The topological polar surface area (TPSA) is 78.0 Å². The number of nitrogens with two attached hydrogens (primary N) is 1. The van der Waals surface area contributed by atoms with Crippen molar-refractivity contribution in [2.45, 2.75) is 6.18 Å². The quantitative estimate of drug-likeness (QED) is 0.903. The van der Waals surface area contributed by atoms with Crippen molar-refractivity contribution in [1.82, 2.24) is 9.55 Å². The van der Waals surface area contributed by atoms with Gasteiger partial charge in [-0.15, -0.1) is 0 Å². The van der Waals surface area contributed by atoms with E-state index in [9.17, 15) is 22.8 Å². The second kappa shape index (κ2) is 4.80. The highest BCUT2D eigenvalue weighted by Crippen LogP contribution is 2.29. The highest BCUT2D eigenvalue weighted by atomic mass is 19.4. The Kier molecular flexibility index (Phi) is 3.31. The Hall–Kier alpha value is -2.64. The maximum absolute atomic E-state index is 12.4. The van der Waals surface area contributed by atoms with Crippen LogP contribution in [-0.4, -0.2) is 15.5 Å². The number of hydrogen-bond donors (Lipinski definition) is 1. The first-order valence-corrected chi connectivity index (χ1v) is 5.36. The molecule has 1 amide bonds. The van der Waals surface area contributed by atoms with Gasteiger partial charge < -0.3 is 5.73 Å². The van der Waals surface area contributed by atoms with Gasteiger partial charge in [0, 0.05) is 18.1 Å². The average Bonchev–Trinajstić information content (AvgIpc) is 2.38. The van der Waals surface area contributed by atoms with Crippen molar-refractivity contribution >= 4 is 5.91 Å². The van der Waals surface area contributed by atoms with Gasteiger partial charge in [-0.1, -0.05) is 0 Å². The lowest BCUT2D eigenvalue weighted by atomic mass is 10.2. The third-order valence-electron chi connectivity index (χ3n) is 2.55. The fourth-order valence-corrected chi connectivity index (χ4v) is 1.59. The molecule has 0 radical (unpaired) electrons. The molecular weight excluding hydrogens is 275 g/mol.